The van der Waals surface area contributed by atoms with Crippen LogP contribution in [0.2, 0.25) is 0 Å². The van der Waals surface area contributed by atoms with Crippen LogP contribution in [0.15, 0.2) is 24.5 Å². The van der Waals surface area contributed by atoms with Crippen molar-refractivity contribution in [1.29, 1.82) is 0 Å². The van der Waals surface area contributed by atoms with Crippen LogP contribution in [-0.2, 0) is 19.1 Å². The Hall–Kier alpha value is -1.58. The highest BCUT2D eigenvalue weighted by molar-refractivity contribution is 6.21. The summed E-state index contributed by atoms with van der Waals surface area (Å²) in [6.07, 6.45) is 2.14. The Morgan fingerprint density at radius 1 is 1.29 bits per heavy atom. The minimum Gasteiger partial charge on any atom is -0.500 e. The highest BCUT2D eigenvalue weighted by Gasteiger charge is 2.17. The van der Waals surface area contributed by atoms with Crippen molar-refractivity contribution >= 4 is 11.8 Å². The summed E-state index contributed by atoms with van der Waals surface area (Å²) in [4.78, 5) is 22.4. The standard InChI is InChI=1S/C10H14O4/c1-4-9(11)8(7-13-5-2)10(12)14-6-3/h4,7H,1,5-6H2,2-3H3. The predicted octanol–water partition coefficient (Wildman–Crippen LogP) is 1.22. The van der Waals surface area contributed by atoms with E-state index in [0.29, 0.717) is 6.61 Å². The van der Waals surface area contributed by atoms with E-state index in [0.717, 1.165) is 12.3 Å². The van der Waals surface area contributed by atoms with Gasteiger partial charge in [0.2, 0.25) is 0 Å². The zero-order valence-corrected chi connectivity index (χ0v) is 8.41. The molecule has 0 heterocycles. The van der Waals surface area contributed by atoms with Gasteiger partial charge in [-0.2, -0.15) is 0 Å². The average molecular weight is 198 g/mol. The molecule has 0 fully saturated rings. The maximum Gasteiger partial charge on any atom is 0.345 e. The Bertz CT molecular complexity index is 253. The fourth-order valence-electron chi connectivity index (χ4n) is 0.692. The first-order valence-corrected chi connectivity index (χ1v) is 4.33. The lowest BCUT2D eigenvalue weighted by Crippen LogP contribution is -2.14. The fourth-order valence-corrected chi connectivity index (χ4v) is 0.692. The van der Waals surface area contributed by atoms with Crippen molar-refractivity contribution in [2.75, 3.05) is 13.2 Å². The molecule has 0 aromatic heterocycles. The summed E-state index contributed by atoms with van der Waals surface area (Å²) in [5.74, 6) is -1.19. The maximum absolute atomic E-state index is 11.2. The molecule has 0 N–H and O–H groups in total. The number of hydrogen-bond acceptors (Lipinski definition) is 4. The number of carbonyl (C=O) groups is 2. The zero-order valence-electron chi connectivity index (χ0n) is 8.41. The molecule has 0 spiro atoms. The average Bonchev–Trinajstić information content (AvgIpc) is 2.18. The van der Waals surface area contributed by atoms with Crippen LogP contribution in [0, 0.1) is 0 Å². The number of rotatable bonds is 6. The lowest BCUT2D eigenvalue weighted by Gasteiger charge is -2.03. The Morgan fingerprint density at radius 3 is 2.36 bits per heavy atom. The quantitative estimate of drug-likeness (QED) is 0.212. The maximum atomic E-state index is 11.2. The summed E-state index contributed by atoms with van der Waals surface area (Å²) in [5.41, 5.74) is -0.135. The molecule has 14 heavy (non-hydrogen) atoms. The molecule has 0 bridgehead atoms. The van der Waals surface area contributed by atoms with Gasteiger partial charge in [0.1, 0.15) is 11.8 Å². The van der Waals surface area contributed by atoms with Gasteiger partial charge < -0.3 is 9.47 Å². The number of allylic oxidation sites excluding steroid dienone is 1. The van der Waals surface area contributed by atoms with Gasteiger partial charge in [0.15, 0.2) is 5.78 Å². The van der Waals surface area contributed by atoms with E-state index in [9.17, 15) is 9.59 Å². The molecule has 0 amide bonds. The van der Waals surface area contributed by atoms with Crippen LogP contribution in [-0.4, -0.2) is 25.0 Å². The molecule has 0 aromatic carbocycles. The summed E-state index contributed by atoms with van der Waals surface area (Å²) in [6.45, 7) is 7.28. The number of ether oxygens (including phenoxy) is 2. The monoisotopic (exact) mass is 198 g/mol. The molecule has 0 rings (SSSR count). The van der Waals surface area contributed by atoms with E-state index >= 15 is 0 Å². The first-order chi connectivity index (χ1) is 6.67. The van der Waals surface area contributed by atoms with Crippen LogP contribution < -0.4 is 0 Å². The summed E-state index contributed by atoms with van der Waals surface area (Å²) in [6, 6.07) is 0. The van der Waals surface area contributed by atoms with Crippen molar-refractivity contribution in [2.45, 2.75) is 13.8 Å². The van der Waals surface area contributed by atoms with Crippen molar-refractivity contribution in [1.82, 2.24) is 0 Å². The topological polar surface area (TPSA) is 52.6 Å². The van der Waals surface area contributed by atoms with E-state index in [1.54, 1.807) is 13.8 Å². The van der Waals surface area contributed by atoms with Crippen LogP contribution in [0.25, 0.3) is 0 Å². The number of esters is 1. The van der Waals surface area contributed by atoms with Gasteiger partial charge >= 0.3 is 5.97 Å². The second-order valence-corrected chi connectivity index (χ2v) is 2.28. The van der Waals surface area contributed by atoms with Crippen molar-refractivity contribution in [3.05, 3.63) is 24.5 Å². The Kier molecular flexibility index (Phi) is 6.11. The summed E-state index contributed by atoms with van der Waals surface area (Å²) < 4.78 is 9.52. The lowest BCUT2D eigenvalue weighted by atomic mass is 10.2. The van der Waals surface area contributed by atoms with Gasteiger partial charge in [-0.1, -0.05) is 6.58 Å². The Balaban J connectivity index is 4.62. The van der Waals surface area contributed by atoms with Crippen LogP contribution in [0.3, 0.4) is 0 Å². The number of carbonyl (C=O) groups excluding carboxylic acids is 2. The molecule has 0 radical (unpaired) electrons. The highest BCUT2D eigenvalue weighted by atomic mass is 16.5. The molecular formula is C10H14O4. The van der Waals surface area contributed by atoms with E-state index in [2.05, 4.69) is 11.3 Å². The first kappa shape index (κ1) is 12.4. The van der Waals surface area contributed by atoms with Crippen LogP contribution in [0.5, 0.6) is 0 Å². The second-order valence-electron chi connectivity index (χ2n) is 2.28. The molecule has 0 saturated carbocycles. The normalized spacial score (nSPS) is 10.6. The van der Waals surface area contributed by atoms with Gasteiger partial charge in [0.05, 0.1) is 13.2 Å². The van der Waals surface area contributed by atoms with E-state index in [1.165, 1.54) is 0 Å². The van der Waals surface area contributed by atoms with Gasteiger partial charge in [0, 0.05) is 0 Å². The second kappa shape index (κ2) is 6.88. The Morgan fingerprint density at radius 2 is 1.93 bits per heavy atom. The van der Waals surface area contributed by atoms with E-state index in [1.807, 2.05) is 0 Å². The van der Waals surface area contributed by atoms with Crippen LogP contribution in [0.1, 0.15) is 13.8 Å². The molecule has 0 aliphatic rings. The van der Waals surface area contributed by atoms with Gasteiger partial charge in [0.25, 0.3) is 0 Å². The van der Waals surface area contributed by atoms with Crippen molar-refractivity contribution in [3.63, 3.8) is 0 Å². The molecule has 78 valence electrons. The van der Waals surface area contributed by atoms with E-state index in [-0.39, 0.29) is 12.2 Å². The number of ketones is 1. The zero-order chi connectivity index (χ0) is 11.0. The summed E-state index contributed by atoms with van der Waals surface area (Å²) in [5, 5.41) is 0. The summed E-state index contributed by atoms with van der Waals surface area (Å²) in [7, 11) is 0. The fraction of sp³-hybridized carbons (Fsp3) is 0.400. The van der Waals surface area contributed by atoms with Gasteiger partial charge in [-0.15, -0.1) is 0 Å². The van der Waals surface area contributed by atoms with Gasteiger partial charge in [-0.25, -0.2) is 4.79 Å². The van der Waals surface area contributed by atoms with E-state index < -0.39 is 11.8 Å². The minimum atomic E-state index is -0.689. The smallest absolute Gasteiger partial charge is 0.345 e. The lowest BCUT2D eigenvalue weighted by molar-refractivity contribution is -0.139. The molecule has 0 aliphatic heterocycles. The van der Waals surface area contributed by atoms with Gasteiger partial charge in [-0.05, 0) is 19.9 Å². The third-order valence-corrected chi connectivity index (χ3v) is 1.31. The van der Waals surface area contributed by atoms with Crippen molar-refractivity contribution < 1.29 is 19.1 Å². The highest BCUT2D eigenvalue weighted by Crippen LogP contribution is 2.02. The van der Waals surface area contributed by atoms with Gasteiger partial charge in [-0.3, -0.25) is 4.79 Å². The molecule has 0 aromatic rings. The molecule has 0 atom stereocenters. The molecule has 0 saturated heterocycles. The number of hydrogen-bond donors (Lipinski definition) is 0. The molecular weight excluding hydrogens is 184 g/mol. The largest absolute Gasteiger partial charge is 0.500 e. The predicted molar refractivity (Wildman–Crippen MR) is 51.5 cm³/mol. The SMILES string of the molecule is C=CC(=O)C(=COCC)C(=O)OCC. The van der Waals surface area contributed by atoms with Crippen LogP contribution in [0.4, 0.5) is 0 Å². The molecule has 0 unspecified atom stereocenters. The van der Waals surface area contributed by atoms with E-state index in [4.69, 9.17) is 4.74 Å². The third kappa shape index (κ3) is 3.89. The third-order valence-electron chi connectivity index (χ3n) is 1.31. The Labute approximate surface area is 83.2 Å². The molecule has 4 heteroatoms. The van der Waals surface area contributed by atoms with Crippen molar-refractivity contribution in [2.24, 2.45) is 0 Å². The molecule has 4 nitrogen and oxygen atoms in total. The molecule has 0 aliphatic carbocycles. The summed E-state index contributed by atoms with van der Waals surface area (Å²) >= 11 is 0. The minimum absolute atomic E-state index is 0.135. The van der Waals surface area contributed by atoms with Crippen molar-refractivity contribution in [3.8, 4) is 0 Å². The van der Waals surface area contributed by atoms with Crippen LogP contribution >= 0.6 is 0 Å². The first-order valence-electron chi connectivity index (χ1n) is 4.33.